The Morgan fingerprint density at radius 2 is 2.11 bits per heavy atom. The number of piperidine rings is 1. The number of para-hydroxylation sites is 2. The van der Waals surface area contributed by atoms with Crippen LogP contribution in [0.4, 0.5) is 6.01 Å². The highest BCUT2D eigenvalue weighted by molar-refractivity contribution is 5.74. The molecular weight excluding hydrogens is 342 g/mol. The Bertz CT molecular complexity index is 1020. The summed E-state index contributed by atoms with van der Waals surface area (Å²) < 4.78 is 9.92. The summed E-state index contributed by atoms with van der Waals surface area (Å²) in [6, 6.07) is 10.5. The van der Waals surface area contributed by atoms with Crippen molar-refractivity contribution in [3.63, 3.8) is 0 Å². The van der Waals surface area contributed by atoms with Crippen molar-refractivity contribution >= 4 is 17.1 Å². The average Bonchev–Trinajstić information content (AvgIpc) is 3.43. The molecule has 1 fully saturated rings. The van der Waals surface area contributed by atoms with Gasteiger partial charge in [-0.1, -0.05) is 12.1 Å². The standard InChI is InChI=1S/C19H21N7O/c1-24-17(13-26-11-5-9-20-26)22-23-18(24)14-6-4-10-25(12-14)19-21-15-7-2-3-8-16(15)27-19/h2-3,5,7-9,11,14H,4,6,10,12-13H2,1H3. The lowest BCUT2D eigenvalue weighted by Crippen LogP contribution is -2.35. The van der Waals surface area contributed by atoms with Crippen LogP contribution in [0.5, 0.6) is 0 Å². The summed E-state index contributed by atoms with van der Waals surface area (Å²) in [4.78, 5) is 6.87. The van der Waals surface area contributed by atoms with Gasteiger partial charge in [0, 0.05) is 38.4 Å². The van der Waals surface area contributed by atoms with Crippen LogP contribution in [0.3, 0.4) is 0 Å². The van der Waals surface area contributed by atoms with Gasteiger partial charge in [-0.15, -0.1) is 10.2 Å². The molecule has 1 atom stereocenters. The second-order valence-electron chi connectivity index (χ2n) is 6.99. The van der Waals surface area contributed by atoms with E-state index >= 15 is 0 Å². The van der Waals surface area contributed by atoms with Crippen LogP contribution in [0, 0.1) is 0 Å². The highest BCUT2D eigenvalue weighted by Gasteiger charge is 2.28. The van der Waals surface area contributed by atoms with Crippen molar-refractivity contribution in [3.8, 4) is 0 Å². The molecule has 5 rings (SSSR count). The third-order valence-corrected chi connectivity index (χ3v) is 5.20. The number of hydrogen-bond donors (Lipinski definition) is 0. The van der Waals surface area contributed by atoms with Crippen LogP contribution in [0.15, 0.2) is 47.1 Å². The van der Waals surface area contributed by atoms with E-state index < -0.39 is 0 Å². The molecule has 1 saturated heterocycles. The molecule has 4 heterocycles. The highest BCUT2D eigenvalue weighted by Crippen LogP contribution is 2.30. The zero-order valence-corrected chi connectivity index (χ0v) is 15.2. The fourth-order valence-corrected chi connectivity index (χ4v) is 3.76. The molecule has 0 N–H and O–H groups in total. The molecule has 138 valence electrons. The van der Waals surface area contributed by atoms with Crippen LogP contribution < -0.4 is 4.90 Å². The molecule has 8 nitrogen and oxygen atoms in total. The number of rotatable bonds is 4. The quantitative estimate of drug-likeness (QED) is 0.555. The molecule has 0 amide bonds. The van der Waals surface area contributed by atoms with E-state index in [1.165, 1.54) is 0 Å². The number of fused-ring (bicyclic) bond motifs is 1. The topological polar surface area (TPSA) is 77.8 Å². The van der Waals surface area contributed by atoms with Crippen molar-refractivity contribution in [1.82, 2.24) is 29.5 Å². The van der Waals surface area contributed by atoms with Crippen molar-refractivity contribution in [2.24, 2.45) is 7.05 Å². The molecule has 8 heteroatoms. The Kier molecular flexibility index (Phi) is 3.88. The second-order valence-corrected chi connectivity index (χ2v) is 6.99. The van der Waals surface area contributed by atoms with E-state index in [0.29, 0.717) is 18.5 Å². The highest BCUT2D eigenvalue weighted by atomic mass is 16.4. The Balaban J connectivity index is 1.37. The molecule has 0 radical (unpaired) electrons. The first kappa shape index (κ1) is 16.0. The molecule has 0 aliphatic carbocycles. The Morgan fingerprint density at radius 3 is 2.96 bits per heavy atom. The first-order valence-corrected chi connectivity index (χ1v) is 9.24. The maximum atomic E-state index is 5.96. The van der Waals surface area contributed by atoms with Crippen molar-refractivity contribution in [2.45, 2.75) is 25.3 Å². The first-order chi connectivity index (χ1) is 13.3. The second kappa shape index (κ2) is 6.53. The minimum atomic E-state index is 0.303. The molecule has 3 aromatic heterocycles. The molecule has 1 aliphatic rings. The Labute approximate surface area is 156 Å². The molecule has 0 spiro atoms. The molecule has 4 aromatic rings. The molecule has 1 unspecified atom stereocenters. The van der Waals surface area contributed by atoms with Gasteiger partial charge in [0.25, 0.3) is 6.01 Å². The maximum absolute atomic E-state index is 5.96. The van der Waals surface area contributed by atoms with Gasteiger partial charge in [0.1, 0.15) is 17.9 Å². The zero-order valence-electron chi connectivity index (χ0n) is 15.2. The molecule has 0 saturated carbocycles. The third-order valence-electron chi connectivity index (χ3n) is 5.20. The molecular formula is C19H21N7O. The summed E-state index contributed by atoms with van der Waals surface area (Å²) >= 11 is 0. The summed E-state index contributed by atoms with van der Waals surface area (Å²) in [6.45, 7) is 2.40. The number of oxazole rings is 1. The fourth-order valence-electron chi connectivity index (χ4n) is 3.76. The van der Waals surface area contributed by atoms with Crippen LogP contribution in [0.2, 0.25) is 0 Å². The van der Waals surface area contributed by atoms with E-state index in [1.54, 1.807) is 6.20 Å². The van der Waals surface area contributed by atoms with Gasteiger partial charge >= 0.3 is 0 Å². The largest absolute Gasteiger partial charge is 0.423 e. The zero-order chi connectivity index (χ0) is 18.2. The van der Waals surface area contributed by atoms with E-state index in [1.807, 2.05) is 48.3 Å². The Hall–Kier alpha value is -3.16. The van der Waals surface area contributed by atoms with Crippen LogP contribution in [0.1, 0.15) is 30.4 Å². The van der Waals surface area contributed by atoms with Crippen molar-refractivity contribution in [3.05, 3.63) is 54.4 Å². The van der Waals surface area contributed by atoms with E-state index in [9.17, 15) is 0 Å². The minimum Gasteiger partial charge on any atom is -0.423 e. The minimum absolute atomic E-state index is 0.303. The maximum Gasteiger partial charge on any atom is 0.298 e. The smallest absolute Gasteiger partial charge is 0.298 e. The van der Waals surface area contributed by atoms with Gasteiger partial charge in [0.2, 0.25) is 0 Å². The summed E-state index contributed by atoms with van der Waals surface area (Å²) in [5, 5.41) is 13.1. The van der Waals surface area contributed by atoms with Gasteiger partial charge in [0.15, 0.2) is 11.4 Å². The van der Waals surface area contributed by atoms with Crippen LogP contribution in [0.25, 0.3) is 11.1 Å². The Morgan fingerprint density at radius 1 is 1.19 bits per heavy atom. The van der Waals surface area contributed by atoms with Crippen molar-refractivity contribution in [1.29, 1.82) is 0 Å². The molecule has 1 aromatic carbocycles. The van der Waals surface area contributed by atoms with Gasteiger partial charge in [-0.25, -0.2) is 0 Å². The molecule has 27 heavy (non-hydrogen) atoms. The SMILES string of the molecule is Cn1c(Cn2cccn2)nnc1C1CCCN(c2nc3ccccc3o2)C1. The summed E-state index contributed by atoms with van der Waals surface area (Å²) in [5.74, 6) is 2.23. The van der Waals surface area contributed by atoms with Gasteiger partial charge in [-0.3, -0.25) is 4.68 Å². The number of anilines is 1. The number of benzene rings is 1. The summed E-state index contributed by atoms with van der Waals surface area (Å²) in [7, 11) is 2.03. The fraction of sp³-hybridized carbons (Fsp3) is 0.368. The average molecular weight is 363 g/mol. The van der Waals surface area contributed by atoms with Gasteiger partial charge in [-0.2, -0.15) is 10.1 Å². The van der Waals surface area contributed by atoms with Crippen molar-refractivity contribution < 1.29 is 4.42 Å². The van der Waals surface area contributed by atoms with Gasteiger partial charge in [-0.05, 0) is 31.0 Å². The number of aromatic nitrogens is 6. The predicted molar refractivity (Wildman–Crippen MR) is 101 cm³/mol. The third kappa shape index (κ3) is 2.97. The van der Waals surface area contributed by atoms with Crippen LogP contribution >= 0.6 is 0 Å². The lowest BCUT2D eigenvalue weighted by atomic mass is 9.97. The van der Waals surface area contributed by atoms with Gasteiger partial charge in [0.05, 0.1) is 0 Å². The molecule has 0 bridgehead atoms. The van der Waals surface area contributed by atoms with Crippen molar-refractivity contribution in [2.75, 3.05) is 18.0 Å². The normalized spacial score (nSPS) is 17.7. The number of nitrogens with zero attached hydrogens (tertiary/aromatic N) is 7. The first-order valence-electron chi connectivity index (χ1n) is 9.24. The molecule has 1 aliphatic heterocycles. The van der Waals surface area contributed by atoms with Gasteiger partial charge < -0.3 is 13.9 Å². The van der Waals surface area contributed by atoms with Crippen LogP contribution in [-0.4, -0.2) is 42.6 Å². The monoisotopic (exact) mass is 363 g/mol. The predicted octanol–water partition coefficient (Wildman–Crippen LogP) is 2.59. The van der Waals surface area contributed by atoms with E-state index in [0.717, 1.165) is 48.7 Å². The lowest BCUT2D eigenvalue weighted by Gasteiger charge is -2.31. The lowest BCUT2D eigenvalue weighted by molar-refractivity contribution is 0.448. The summed E-state index contributed by atoms with van der Waals surface area (Å²) in [5.41, 5.74) is 1.73. The van der Waals surface area contributed by atoms with E-state index in [2.05, 4.69) is 29.7 Å². The van der Waals surface area contributed by atoms with E-state index in [-0.39, 0.29) is 0 Å². The number of hydrogen-bond acceptors (Lipinski definition) is 6. The summed E-state index contributed by atoms with van der Waals surface area (Å²) in [6.07, 6.45) is 5.87. The van der Waals surface area contributed by atoms with E-state index in [4.69, 9.17) is 4.42 Å². The van der Waals surface area contributed by atoms with Crippen LogP contribution in [-0.2, 0) is 13.6 Å².